The Balaban J connectivity index is 1.24. The van der Waals surface area contributed by atoms with Gasteiger partial charge < -0.3 is 9.47 Å². The zero-order valence-electron chi connectivity index (χ0n) is 16.5. The Hall–Kier alpha value is -2.85. The third kappa shape index (κ3) is 3.73. The number of hydrogen-bond acceptors (Lipinski definition) is 4. The molecule has 0 amide bonds. The summed E-state index contributed by atoms with van der Waals surface area (Å²) in [6.07, 6.45) is 1.80. The number of carbonyl (C=O) groups is 1. The topological polar surface area (TPSA) is 38.8 Å². The Morgan fingerprint density at radius 3 is 2.52 bits per heavy atom. The van der Waals surface area contributed by atoms with Crippen molar-refractivity contribution in [3.05, 3.63) is 71.8 Å². The van der Waals surface area contributed by atoms with E-state index in [0.717, 1.165) is 43.8 Å². The van der Waals surface area contributed by atoms with Gasteiger partial charge in [-0.05, 0) is 60.5 Å². The number of ether oxygens (including phenoxy) is 2. The van der Waals surface area contributed by atoms with Crippen molar-refractivity contribution in [1.82, 2.24) is 4.90 Å². The van der Waals surface area contributed by atoms with Crippen molar-refractivity contribution in [2.45, 2.75) is 19.4 Å². The van der Waals surface area contributed by atoms with Crippen molar-refractivity contribution < 1.29 is 14.3 Å². The molecule has 0 bridgehead atoms. The molecular weight excluding hydrogens is 362 g/mol. The number of likely N-dealkylation sites (tertiary alicyclic amines) is 1. The molecule has 0 unspecified atom stereocenters. The van der Waals surface area contributed by atoms with E-state index in [9.17, 15) is 4.79 Å². The van der Waals surface area contributed by atoms with Crippen LogP contribution in [0.15, 0.2) is 60.7 Å². The van der Waals surface area contributed by atoms with Crippen LogP contribution >= 0.6 is 0 Å². The van der Waals surface area contributed by atoms with Crippen LogP contribution in [0.4, 0.5) is 0 Å². The molecule has 29 heavy (non-hydrogen) atoms. The second-order valence-electron chi connectivity index (χ2n) is 7.91. The maximum absolute atomic E-state index is 13.0. The first-order valence-electron chi connectivity index (χ1n) is 10.4. The highest BCUT2D eigenvalue weighted by Gasteiger charge is 2.27. The summed E-state index contributed by atoms with van der Waals surface area (Å²) in [7, 11) is 0. The molecule has 2 aliphatic heterocycles. The van der Waals surface area contributed by atoms with Crippen LogP contribution in [0.1, 0.15) is 28.8 Å². The third-order valence-electron chi connectivity index (χ3n) is 6.06. The molecule has 2 aliphatic rings. The number of Topliss-reactive ketones (excluding diaryl/α,β-unsaturated/α-hetero) is 1. The van der Waals surface area contributed by atoms with Crippen LogP contribution in [0, 0.1) is 5.92 Å². The number of piperidine rings is 1. The van der Waals surface area contributed by atoms with Crippen molar-refractivity contribution in [2.75, 3.05) is 26.3 Å². The molecule has 2 heterocycles. The van der Waals surface area contributed by atoms with Gasteiger partial charge in [0.1, 0.15) is 13.2 Å². The second kappa shape index (κ2) is 7.88. The molecule has 1 saturated heterocycles. The highest BCUT2D eigenvalue weighted by Crippen LogP contribution is 2.33. The molecule has 4 heteroatoms. The normalized spacial score (nSPS) is 17.4. The van der Waals surface area contributed by atoms with Gasteiger partial charge in [-0.1, -0.05) is 42.5 Å². The van der Waals surface area contributed by atoms with E-state index in [4.69, 9.17) is 9.47 Å². The van der Waals surface area contributed by atoms with E-state index in [0.29, 0.717) is 19.0 Å². The number of nitrogens with zero attached hydrogens (tertiary/aromatic N) is 1. The van der Waals surface area contributed by atoms with Gasteiger partial charge in [-0.25, -0.2) is 0 Å². The van der Waals surface area contributed by atoms with Crippen LogP contribution in [0.3, 0.4) is 0 Å². The number of ketones is 1. The minimum atomic E-state index is 0.0846. The van der Waals surface area contributed by atoms with Gasteiger partial charge in [0.2, 0.25) is 0 Å². The molecule has 4 nitrogen and oxygen atoms in total. The maximum Gasteiger partial charge on any atom is 0.166 e. The van der Waals surface area contributed by atoms with Gasteiger partial charge in [0.15, 0.2) is 17.3 Å². The van der Waals surface area contributed by atoms with Gasteiger partial charge in [0.05, 0.1) is 0 Å². The lowest BCUT2D eigenvalue weighted by molar-refractivity contribution is 0.0834. The summed E-state index contributed by atoms with van der Waals surface area (Å²) in [6.45, 7) is 3.94. The van der Waals surface area contributed by atoms with Gasteiger partial charge >= 0.3 is 0 Å². The average molecular weight is 387 g/mol. The fourth-order valence-electron chi connectivity index (χ4n) is 4.46. The lowest BCUT2D eigenvalue weighted by atomic mass is 9.88. The molecule has 3 aromatic carbocycles. The molecule has 1 fully saturated rings. The number of fused-ring (bicyclic) bond motifs is 2. The fourth-order valence-corrected chi connectivity index (χ4v) is 4.46. The van der Waals surface area contributed by atoms with Crippen molar-refractivity contribution in [2.24, 2.45) is 5.92 Å². The van der Waals surface area contributed by atoms with Crippen LogP contribution in [-0.4, -0.2) is 37.0 Å². The minimum absolute atomic E-state index is 0.0846. The van der Waals surface area contributed by atoms with Gasteiger partial charge in [0.25, 0.3) is 0 Å². The first kappa shape index (κ1) is 18.2. The van der Waals surface area contributed by atoms with Gasteiger partial charge in [-0.2, -0.15) is 0 Å². The third-order valence-corrected chi connectivity index (χ3v) is 6.06. The van der Waals surface area contributed by atoms with Crippen LogP contribution in [-0.2, 0) is 6.54 Å². The van der Waals surface area contributed by atoms with Crippen molar-refractivity contribution in [1.29, 1.82) is 0 Å². The van der Waals surface area contributed by atoms with Crippen LogP contribution < -0.4 is 9.47 Å². The summed E-state index contributed by atoms with van der Waals surface area (Å²) in [4.78, 5) is 15.5. The Morgan fingerprint density at radius 1 is 0.897 bits per heavy atom. The summed E-state index contributed by atoms with van der Waals surface area (Å²) in [5.41, 5.74) is 2.10. The quantitative estimate of drug-likeness (QED) is 0.608. The van der Waals surface area contributed by atoms with E-state index in [1.165, 1.54) is 16.3 Å². The van der Waals surface area contributed by atoms with Gasteiger partial charge in [0, 0.05) is 18.0 Å². The predicted octanol–water partition coefficient (Wildman–Crippen LogP) is 4.71. The summed E-state index contributed by atoms with van der Waals surface area (Å²) in [5.74, 6) is 1.74. The number of hydrogen-bond donors (Lipinski definition) is 0. The average Bonchev–Trinajstić information content (AvgIpc) is 2.79. The SMILES string of the molecule is O=C(c1ccc2c(c1)OCCO2)C1CCN(Cc2cccc3ccccc23)CC1. The van der Waals surface area contributed by atoms with Crippen LogP contribution in [0.5, 0.6) is 11.5 Å². The lowest BCUT2D eigenvalue weighted by Gasteiger charge is -2.31. The van der Waals surface area contributed by atoms with Crippen molar-refractivity contribution in [3.8, 4) is 11.5 Å². The summed E-state index contributed by atoms with van der Waals surface area (Å²) in [6, 6.07) is 20.6. The van der Waals surface area contributed by atoms with Crippen molar-refractivity contribution >= 4 is 16.6 Å². The van der Waals surface area contributed by atoms with E-state index in [2.05, 4.69) is 47.4 Å². The van der Waals surface area contributed by atoms with E-state index in [1.54, 1.807) is 0 Å². The van der Waals surface area contributed by atoms with Gasteiger partial charge in [-0.15, -0.1) is 0 Å². The molecule has 0 aromatic heterocycles. The number of rotatable bonds is 4. The summed E-state index contributed by atoms with van der Waals surface area (Å²) >= 11 is 0. The molecule has 148 valence electrons. The lowest BCUT2D eigenvalue weighted by Crippen LogP contribution is -2.36. The fraction of sp³-hybridized carbons (Fsp3) is 0.320. The summed E-state index contributed by atoms with van der Waals surface area (Å²) in [5, 5.41) is 2.61. The number of carbonyl (C=O) groups excluding carboxylic acids is 1. The second-order valence-corrected chi connectivity index (χ2v) is 7.91. The largest absolute Gasteiger partial charge is 0.486 e. The highest BCUT2D eigenvalue weighted by atomic mass is 16.6. The van der Waals surface area contributed by atoms with E-state index in [1.807, 2.05) is 18.2 Å². The molecule has 3 aromatic rings. The zero-order chi connectivity index (χ0) is 19.6. The first-order chi connectivity index (χ1) is 14.3. The van der Waals surface area contributed by atoms with Gasteiger partial charge in [-0.3, -0.25) is 9.69 Å². The van der Waals surface area contributed by atoms with Crippen molar-refractivity contribution in [3.63, 3.8) is 0 Å². The molecule has 0 spiro atoms. The van der Waals surface area contributed by atoms with E-state index >= 15 is 0 Å². The summed E-state index contributed by atoms with van der Waals surface area (Å²) < 4.78 is 11.2. The Kier molecular flexibility index (Phi) is 4.94. The monoisotopic (exact) mass is 387 g/mol. The first-order valence-corrected chi connectivity index (χ1v) is 10.4. The zero-order valence-corrected chi connectivity index (χ0v) is 16.5. The maximum atomic E-state index is 13.0. The Morgan fingerprint density at radius 2 is 1.66 bits per heavy atom. The van der Waals surface area contributed by atoms with Crippen LogP contribution in [0.25, 0.3) is 10.8 Å². The molecule has 0 radical (unpaired) electrons. The Labute approximate surface area is 171 Å². The standard InChI is InChI=1S/C25H25NO3/c27-25(20-8-9-23-24(16-20)29-15-14-28-23)19-10-12-26(13-11-19)17-21-6-3-5-18-4-1-2-7-22(18)21/h1-9,16,19H,10-15,17H2. The molecule has 0 aliphatic carbocycles. The minimum Gasteiger partial charge on any atom is -0.486 e. The molecule has 5 rings (SSSR count). The molecule has 0 atom stereocenters. The van der Waals surface area contributed by atoms with Crippen LogP contribution in [0.2, 0.25) is 0 Å². The molecule has 0 N–H and O–H groups in total. The molecular formula is C25H25NO3. The van der Waals surface area contributed by atoms with E-state index < -0.39 is 0 Å². The highest BCUT2D eigenvalue weighted by molar-refractivity contribution is 5.98. The molecule has 0 saturated carbocycles. The number of benzene rings is 3. The predicted molar refractivity (Wildman–Crippen MR) is 114 cm³/mol. The van der Waals surface area contributed by atoms with E-state index in [-0.39, 0.29) is 11.7 Å². The Bertz CT molecular complexity index is 1030. The smallest absolute Gasteiger partial charge is 0.166 e.